The summed E-state index contributed by atoms with van der Waals surface area (Å²) in [4.78, 5) is 2.94. The predicted molar refractivity (Wildman–Crippen MR) is 66.9 cm³/mol. The van der Waals surface area contributed by atoms with Gasteiger partial charge in [-0.25, -0.2) is 0 Å². The maximum absolute atomic E-state index is 9.07. The van der Waals surface area contributed by atoms with Crippen LogP contribution in [0.4, 0.5) is 0 Å². The Labute approximate surface area is 97.6 Å². The zero-order chi connectivity index (χ0) is 11.3. The first kappa shape index (κ1) is 12.9. The van der Waals surface area contributed by atoms with Gasteiger partial charge >= 0.3 is 0 Å². The number of rotatable bonds is 6. The van der Waals surface area contributed by atoms with Crippen molar-refractivity contribution >= 4 is 17.2 Å². The average molecular weight is 230 g/mol. The predicted octanol–water partition coefficient (Wildman–Crippen LogP) is 1.29. The lowest BCUT2D eigenvalue weighted by molar-refractivity contribution is 0.115. The van der Waals surface area contributed by atoms with Gasteiger partial charge in [0, 0.05) is 25.0 Å². The summed E-state index contributed by atoms with van der Waals surface area (Å²) in [7, 11) is 0. The molecule has 0 aromatic rings. The molecule has 0 aromatic carbocycles. The van der Waals surface area contributed by atoms with Gasteiger partial charge in [-0.2, -0.15) is 0 Å². The Morgan fingerprint density at radius 3 is 2.60 bits per heavy atom. The molecule has 88 valence electrons. The first-order valence-electron chi connectivity index (χ1n) is 5.80. The van der Waals surface area contributed by atoms with E-state index in [0.29, 0.717) is 17.1 Å². The van der Waals surface area contributed by atoms with Crippen LogP contribution in [0.3, 0.4) is 0 Å². The smallest absolute Gasteiger partial charge is 0.0742 e. The normalized spacial score (nSPS) is 19.7. The molecule has 4 heteroatoms. The van der Waals surface area contributed by atoms with Crippen LogP contribution in [0.1, 0.15) is 39.0 Å². The third kappa shape index (κ3) is 4.05. The van der Waals surface area contributed by atoms with Crippen LogP contribution >= 0.6 is 12.2 Å². The van der Waals surface area contributed by atoms with Crippen molar-refractivity contribution in [2.45, 2.75) is 51.1 Å². The molecule has 0 spiro atoms. The molecule has 0 heterocycles. The maximum atomic E-state index is 9.07. The summed E-state index contributed by atoms with van der Waals surface area (Å²) in [6.45, 7) is 3.11. The first-order valence-corrected chi connectivity index (χ1v) is 6.21. The van der Waals surface area contributed by atoms with Crippen LogP contribution < -0.4 is 5.73 Å². The minimum atomic E-state index is 0.220. The number of aliphatic hydroxyl groups excluding tert-OH is 1. The molecule has 1 unspecified atom stereocenters. The van der Waals surface area contributed by atoms with E-state index in [0.717, 1.165) is 13.0 Å². The van der Waals surface area contributed by atoms with Crippen LogP contribution in [0.25, 0.3) is 0 Å². The molecule has 0 radical (unpaired) electrons. The van der Waals surface area contributed by atoms with Crippen molar-refractivity contribution in [3.05, 3.63) is 0 Å². The SMILES string of the molecule is CC(CC(N)=S)N(CCO)C1CCCC1. The summed E-state index contributed by atoms with van der Waals surface area (Å²) in [5, 5.41) is 9.07. The van der Waals surface area contributed by atoms with E-state index < -0.39 is 0 Å². The molecule has 1 aliphatic rings. The maximum Gasteiger partial charge on any atom is 0.0742 e. The monoisotopic (exact) mass is 230 g/mol. The molecule has 3 nitrogen and oxygen atoms in total. The van der Waals surface area contributed by atoms with Crippen molar-refractivity contribution in [3.8, 4) is 0 Å². The lowest BCUT2D eigenvalue weighted by Crippen LogP contribution is -2.43. The molecule has 15 heavy (non-hydrogen) atoms. The number of hydrogen-bond donors (Lipinski definition) is 2. The molecule has 3 N–H and O–H groups in total. The van der Waals surface area contributed by atoms with E-state index in [4.69, 9.17) is 23.1 Å². The summed E-state index contributed by atoms with van der Waals surface area (Å²) < 4.78 is 0. The van der Waals surface area contributed by atoms with Gasteiger partial charge < -0.3 is 10.8 Å². The number of nitrogens with two attached hydrogens (primary N) is 1. The fourth-order valence-corrected chi connectivity index (χ4v) is 2.76. The Bertz CT molecular complexity index is 205. The molecule has 0 aliphatic heterocycles. The molecule has 0 aromatic heterocycles. The van der Waals surface area contributed by atoms with Gasteiger partial charge in [0.2, 0.25) is 0 Å². The van der Waals surface area contributed by atoms with Gasteiger partial charge in [-0.15, -0.1) is 0 Å². The zero-order valence-electron chi connectivity index (χ0n) is 9.48. The molecule has 0 amide bonds. The average Bonchev–Trinajstić information content (AvgIpc) is 2.65. The lowest BCUT2D eigenvalue weighted by Gasteiger charge is -2.33. The fraction of sp³-hybridized carbons (Fsp3) is 0.909. The Morgan fingerprint density at radius 2 is 2.13 bits per heavy atom. The van der Waals surface area contributed by atoms with E-state index >= 15 is 0 Å². The Hall–Kier alpha value is -0.190. The van der Waals surface area contributed by atoms with Gasteiger partial charge in [-0.3, -0.25) is 4.90 Å². The molecule has 1 atom stereocenters. The second kappa shape index (κ2) is 6.40. The quantitative estimate of drug-likeness (QED) is 0.675. The summed E-state index contributed by atoms with van der Waals surface area (Å²) in [5.41, 5.74) is 5.57. The van der Waals surface area contributed by atoms with Crippen molar-refractivity contribution < 1.29 is 5.11 Å². The molecule has 1 saturated carbocycles. The van der Waals surface area contributed by atoms with Gasteiger partial charge in [0.15, 0.2) is 0 Å². The molecule has 0 saturated heterocycles. The van der Waals surface area contributed by atoms with Gasteiger partial charge in [0.25, 0.3) is 0 Å². The highest BCUT2D eigenvalue weighted by Crippen LogP contribution is 2.25. The number of thiocarbonyl (C=S) groups is 1. The van der Waals surface area contributed by atoms with Crippen molar-refractivity contribution in [1.29, 1.82) is 0 Å². The van der Waals surface area contributed by atoms with Gasteiger partial charge in [0.05, 0.1) is 11.6 Å². The third-order valence-corrected chi connectivity index (χ3v) is 3.38. The molecule has 1 rings (SSSR count). The molecular weight excluding hydrogens is 208 g/mol. The van der Waals surface area contributed by atoms with Crippen LogP contribution in [0.5, 0.6) is 0 Å². The number of aliphatic hydroxyl groups is 1. The highest BCUT2D eigenvalue weighted by molar-refractivity contribution is 7.80. The molecule has 1 aliphatic carbocycles. The first-order chi connectivity index (χ1) is 7.15. The van der Waals surface area contributed by atoms with E-state index in [1.54, 1.807) is 0 Å². The minimum absolute atomic E-state index is 0.220. The molecular formula is C11H22N2OS. The van der Waals surface area contributed by atoms with Crippen molar-refractivity contribution in [2.24, 2.45) is 5.73 Å². The zero-order valence-corrected chi connectivity index (χ0v) is 10.3. The van der Waals surface area contributed by atoms with E-state index in [9.17, 15) is 0 Å². The number of hydrogen-bond acceptors (Lipinski definition) is 3. The van der Waals surface area contributed by atoms with Gasteiger partial charge in [-0.05, 0) is 19.8 Å². The Kier molecular flexibility index (Phi) is 5.50. The second-order valence-electron chi connectivity index (χ2n) is 4.42. The van der Waals surface area contributed by atoms with Crippen molar-refractivity contribution in [3.63, 3.8) is 0 Å². The summed E-state index contributed by atoms with van der Waals surface area (Å²) in [6, 6.07) is 0.985. The van der Waals surface area contributed by atoms with E-state index in [1.165, 1.54) is 25.7 Å². The lowest BCUT2D eigenvalue weighted by atomic mass is 10.1. The van der Waals surface area contributed by atoms with Crippen molar-refractivity contribution in [1.82, 2.24) is 4.90 Å². The second-order valence-corrected chi connectivity index (χ2v) is 4.94. The Morgan fingerprint density at radius 1 is 1.53 bits per heavy atom. The van der Waals surface area contributed by atoms with Gasteiger partial charge in [0.1, 0.15) is 0 Å². The van der Waals surface area contributed by atoms with E-state index in [1.807, 2.05) is 0 Å². The largest absolute Gasteiger partial charge is 0.395 e. The summed E-state index contributed by atoms with van der Waals surface area (Å²) >= 11 is 4.94. The fourth-order valence-electron chi connectivity index (χ4n) is 2.52. The van der Waals surface area contributed by atoms with Crippen LogP contribution in [0, 0.1) is 0 Å². The number of nitrogens with zero attached hydrogens (tertiary/aromatic N) is 1. The van der Waals surface area contributed by atoms with Gasteiger partial charge in [-0.1, -0.05) is 25.1 Å². The van der Waals surface area contributed by atoms with Crippen LogP contribution in [0.15, 0.2) is 0 Å². The van der Waals surface area contributed by atoms with E-state index in [-0.39, 0.29) is 6.61 Å². The third-order valence-electron chi connectivity index (χ3n) is 3.21. The topological polar surface area (TPSA) is 49.5 Å². The standard InChI is InChI=1S/C11H22N2OS/c1-9(8-11(12)15)13(6-7-14)10-4-2-3-5-10/h9-10,14H,2-8H2,1H3,(H2,12,15). The highest BCUT2D eigenvalue weighted by Gasteiger charge is 2.25. The van der Waals surface area contributed by atoms with Crippen LogP contribution in [-0.4, -0.2) is 40.2 Å². The molecule has 0 bridgehead atoms. The summed E-state index contributed by atoms with van der Waals surface area (Å²) in [6.07, 6.45) is 5.88. The van der Waals surface area contributed by atoms with E-state index in [2.05, 4.69) is 11.8 Å². The van der Waals surface area contributed by atoms with Crippen LogP contribution in [0.2, 0.25) is 0 Å². The minimum Gasteiger partial charge on any atom is -0.395 e. The van der Waals surface area contributed by atoms with Crippen molar-refractivity contribution in [2.75, 3.05) is 13.2 Å². The summed E-state index contributed by atoms with van der Waals surface area (Å²) in [5.74, 6) is 0. The van der Waals surface area contributed by atoms with Crippen LogP contribution in [-0.2, 0) is 0 Å². The highest BCUT2D eigenvalue weighted by atomic mass is 32.1. The molecule has 1 fully saturated rings. The Balaban J connectivity index is 2.50.